The second-order valence-corrected chi connectivity index (χ2v) is 9.92. The summed E-state index contributed by atoms with van der Waals surface area (Å²) < 4.78 is 8.74. The molecule has 0 bridgehead atoms. The smallest absolute Gasteiger partial charge is 0.220 e. The fourth-order valence-electron chi connectivity index (χ4n) is 3.34. The van der Waals surface area contributed by atoms with E-state index in [1.807, 2.05) is 66.1 Å². The average Bonchev–Trinajstić information content (AvgIpc) is 3.19. The fourth-order valence-corrected chi connectivity index (χ4v) is 5.02. The third-order valence-electron chi connectivity index (χ3n) is 5.01. The molecule has 0 unspecified atom stereocenters. The summed E-state index contributed by atoms with van der Waals surface area (Å²) in [6.07, 6.45) is 0. The average molecular weight is 560 g/mol. The minimum absolute atomic E-state index is 0.291. The van der Waals surface area contributed by atoms with E-state index in [2.05, 4.69) is 26.1 Å². The van der Waals surface area contributed by atoms with Crippen molar-refractivity contribution in [2.75, 3.05) is 6.54 Å². The number of aryl methyl sites for hydroxylation is 1. The molecule has 4 rings (SSSR count). The molecule has 34 heavy (non-hydrogen) atoms. The van der Waals surface area contributed by atoms with Crippen LogP contribution in [0.25, 0.3) is 5.69 Å². The number of nitrogens with zero attached hydrogens (tertiary/aromatic N) is 4. The summed E-state index contributed by atoms with van der Waals surface area (Å²) in [6, 6.07) is 22.7. The third kappa shape index (κ3) is 5.97. The standard InChI is InChI=1S/C24H20BrClN4O3S/c1-16-27-28-24(30(16)20-5-3-2-4-6-20)34-23(14-29(31)32)18-9-12-22(21(26)13-18)33-15-17-7-10-19(25)11-8-17/h2-13,23H,14-15H2,1H3/t23-/m0/s1. The van der Waals surface area contributed by atoms with Crippen LogP contribution < -0.4 is 4.74 Å². The second kappa shape index (κ2) is 11.0. The van der Waals surface area contributed by atoms with Crippen LogP contribution in [0.5, 0.6) is 5.75 Å². The molecule has 0 fully saturated rings. The number of aromatic nitrogens is 3. The molecule has 0 aliphatic heterocycles. The molecule has 174 valence electrons. The van der Waals surface area contributed by atoms with Crippen molar-refractivity contribution in [3.8, 4) is 11.4 Å². The monoisotopic (exact) mass is 558 g/mol. The van der Waals surface area contributed by atoms with Gasteiger partial charge in [0, 0.05) is 15.1 Å². The Kier molecular flexibility index (Phi) is 7.87. The zero-order valence-corrected chi connectivity index (χ0v) is 21.3. The maximum Gasteiger partial charge on any atom is 0.220 e. The van der Waals surface area contributed by atoms with Gasteiger partial charge < -0.3 is 4.74 Å². The van der Waals surface area contributed by atoms with Gasteiger partial charge in [0.25, 0.3) is 0 Å². The van der Waals surface area contributed by atoms with Crippen molar-refractivity contribution in [1.82, 2.24) is 14.8 Å². The van der Waals surface area contributed by atoms with E-state index >= 15 is 0 Å². The van der Waals surface area contributed by atoms with E-state index in [4.69, 9.17) is 16.3 Å². The maximum absolute atomic E-state index is 11.5. The predicted octanol–water partition coefficient (Wildman–Crippen LogP) is 6.68. The van der Waals surface area contributed by atoms with Gasteiger partial charge in [-0.2, -0.15) is 0 Å². The summed E-state index contributed by atoms with van der Waals surface area (Å²) in [5, 5.41) is 20.4. The molecule has 10 heteroatoms. The van der Waals surface area contributed by atoms with Gasteiger partial charge in [-0.3, -0.25) is 14.7 Å². The van der Waals surface area contributed by atoms with Crippen molar-refractivity contribution in [2.45, 2.75) is 23.9 Å². The van der Waals surface area contributed by atoms with Crippen LogP contribution in [0.3, 0.4) is 0 Å². The van der Waals surface area contributed by atoms with Crippen LogP contribution >= 0.6 is 39.3 Å². The van der Waals surface area contributed by atoms with Gasteiger partial charge in [-0.1, -0.05) is 75.7 Å². The minimum atomic E-state index is -0.515. The molecular weight excluding hydrogens is 540 g/mol. The van der Waals surface area contributed by atoms with Gasteiger partial charge in [0.05, 0.1) is 5.02 Å². The van der Waals surface area contributed by atoms with Crippen molar-refractivity contribution >= 4 is 39.3 Å². The number of para-hydroxylation sites is 1. The molecule has 4 aromatic rings. The Labute approximate surface area is 214 Å². The van der Waals surface area contributed by atoms with Crippen molar-refractivity contribution in [3.63, 3.8) is 0 Å². The van der Waals surface area contributed by atoms with Gasteiger partial charge in [0.1, 0.15) is 23.4 Å². The van der Waals surface area contributed by atoms with E-state index < -0.39 is 5.25 Å². The number of hydrogen-bond acceptors (Lipinski definition) is 6. The van der Waals surface area contributed by atoms with E-state index in [9.17, 15) is 10.1 Å². The molecule has 0 radical (unpaired) electrons. The highest BCUT2D eigenvalue weighted by Crippen LogP contribution is 2.38. The number of benzene rings is 3. The quantitative estimate of drug-likeness (QED) is 0.129. The molecule has 0 spiro atoms. The highest BCUT2D eigenvalue weighted by molar-refractivity contribution is 9.10. The molecule has 0 saturated heterocycles. The molecule has 7 nitrogen and oxygen atoms in total. The molecule has 0 N–H and O–H groups in total. The number of hydrogen-bond donors (Lipinski definition) is 0. The van der Waals surface area contributed by atoms with Gasteiger partial charge in [-0.15, -0.1) is 10.2 Å². The van der Waals surface area contributed by atoms with Crippen LogP contribution in [0.15, 0.2) is 82.4 Å². The Morgan fingerprint density at radius 2 is 1.85 bits per heavy atom. The predicted molar refractivity (Wildman–Crippen MR) is 136 cm³/mol. The van der Waals surface area contributed by atoms with Gasteiger partial charge in [-0.25, -0.2) is 0 Å². The first kappa shape index (κ1) is 24.3. The summed E-state index contributed by atoms with van der Waals surface area (Å²) in [4.78, 5) is 11.1. The van der Waals surface area contributed by atoms with Crippen LogP contribution in [0.4, 0.5) is 0 Å². The summed E-state index contributed by atoms with van der Waals surface area (Å²) in [5.74, 6) is 1.21. The molecule has 3 aromatic carbocycles. The van der Waals surface area contributed by atoms with Crippen molar-refractivity contribution in [1.29, 1.82) is 0 Å². The molecule has 1 heterocycles. The summed E-state index contributed by atoms with van der Waals surface area (Å²) >= 11 is 11.2. The van der Waals surface area contributed by atoms with Crippen molar-refractivity contribution in [2.24, 2.45) is 0 Å². The Balaban J connectivity index is 1.56. The third-order valence-corrected chi connectivity index (χ3v) is 7.01. The van der Waals surface area contributed by atoms with Gasteiger partial charge in [-0.05, 0) is 54.4 Å². The summed E-state index contributed by atoms with van der Waals surface area (Å²) in [5.41, 5.74) is 2.60. The lowest BCUT2D eigenvalue weighted by molar-refractivity contribution is -0.479. The second-order valence-electron chi connectivity index (χ2n) is 7.43. The number of ether oxygens (including phenoxy) is 1. The first-order valence-corrected chi connectivity index (χ1v) is 12.4. The van der Waals surface area contributed by atoms with Gasteiger partial charge in [0.2, 0.25) is 6.54 Å². The highest BCUT2D eigenvalue weighted by Gasteiger charge is 2.24. The largest absolute Gasteiger partial charge is 0.487 e. The lowest BCUT2D eigenvalue weighted by Gasteiger charge is -2.16. The summed E-state index contributed by atoms with van der Waals surface area (Å²) in [7, 11) is 0. The topological polar surface area (TPSA) is 83.1 Å². The number of nitro groups is 1. The zero-order chi connectivity index (χ0) is 24.1. The zero-order valence-electron chi connectivity index (χ0n) is 18.1. The first-order chi connectivity index (χ1) is 16.4. The van der Waals surface area contributed by atoms with E-state index in [-0.39, 0.29) is 11.5 Å². The van der Waals surface area contributed by atoms with E-state index in [0.717, 1.165) is 15.7 Å². The lowest BCUT2D eigenvalue weighted by Crippen LogP contribution is -2.11. The molecule has 0 aliphatic rings. The minimum Gasteiger partial charge on any atom is -0.487 e. The molecule has 0 aliphatic carbocycles. The number of thioether (sulfide) groups is 1. The lowest BCUT2D eigenvalue weighted by atomic mass is 10.1. The van der Waals surface area contributed by atoms with Gasteiger partial charge >= 0.3 is 0 Å². The fraction of sp³-hybridized carbons (Fsp3) is 0.167. The van der Waals surface area contributed by atoms with Crippen LogP contribution in [-0.2, 0) is 6.61 Å². The highest BCUT2D eigenvalue weighted by atomic mass is 79.9. The number of halogens is 2. The van der Waals surface area contributed by atoms with Crippen molar-refractivity contribution < 1.29 is 9.66 Å². The van der Waals surface area contributed by atoms with Gasteiger partial charge in [0.15, 0.2) is 5.16 Å². The molecule has 0 amide bonds. The van der Waals surface area contributed by atoms with Crippen LogP contribution in [0.1, 0.15) is 22.2 Å². The molecule has 1 aromatic heterocycles. The van der Waals surface area contributed by atoms with E-state index in [1.54, 1.807) is 18.2 Å². The van der Waals surface area contributed by atoms with Crippen LogP contribution in [-0.4, -0.2) is 26.2 Å². The normalized spacial score (nSPS) is 11.9. The van der Waals surface area contributed by atoms with E-state index in [1.165, 1.54) is 11.8 Å². The Bertz CT molecular complexity index is 1290. The summed E-state index contributed by atoms with van der Waals surface area (Å²) in [6.45, 7) is 1.92. The molecule has 0 saturated carbocycles. The maximum atomic E-state index is 11.5. The van der Waals surface area contributed by atoms with Crippen LogP contribution in [0, 0.1) is 17.0 Å². The molecular formula is C24H20BrClN4O3S. The number of rotatable bonds is 9. The Morgan fingerprint density at radius 3 is 2.53 bits per heavy atom. The van der Waals surface area contributed by atoms with Crippen molar-refractivity contribution in [3.05, 3.63) is 109 Å². The molecule has 1 atom stereocenters. The Morgan fingerprint density at radius 1 is 1.12 bits per heavy atom. The Hall–Kier alpha value is -2.88. The van der Waals surface area contributed by atoms with E-state index in [0.29, 0.717) is 33.9 Å². The van der Waals surface area contributed by atoms with Crippen LogP contribution in [0.2, 0.25) is 5.02 Å². The first-order valence-electron chi connectivity index (χ1n) is 10.3. The SMILES string of the molecule is Cc1nnc(S[C@@H](C[N+](=O)[O-])c2ccc(OCc3ccc(Br)cc3)c(Cl)c2)n1-c1ccccc1.